The van der Waals surface area contributed by atoms with Gasteiger partial charge in [0.2, 0.25) is 5.89 Å². The van der Waals surface area contributed by atoms with Crippen molar-refractivity contribution < 1.29 is 19.1 Å². The van der Waals surface area contributed by atoms with Crippen LogP contribution in [0.3, 0.4) is 0 Å². The molecule has 0 saturated heterocycles. The highest BCUT2D eigenvalue weighted by atomic mass is 16.4. The molecule has 1 aromatic heterocycles. The third-order valence-corrected chi connectivity index (χ3v) is 3.81. The Morgan fingerprint density at radius 2 is 2.00 bits per heavy atom. The Kier molecular flexibility index (Phi) is 5.46. The summed E-state index contributed by atoms with van der Waals surface area (Å²) < 4.78 is 5.60. The summed E-state index contributed by atoms with van der Waals surface area (Å²) in [5.74, 6) is 0.367. The van der Waals surface area contributed by atoms with Gasteiger partial charge in [0, 0.05) is 23.2 Å². The average molecular weight is 345 g/mol. The minimum absolute atomic E-state index is 0.00830. The molecule has 0 bridgehead atoms. The van der Waals surface area contributed by atoms with Gasteiger partial charge < -0.3 is 20.2 Å². The van der Waals surface area contributed by atoms with Crippen LogP contribution in [0.4, 0.5) is 10.5 Å². The summed E-state index contributed by atoms with van der Waals surface area (Å²) >= 11 is 0. The molecule has 2 amide bonds. The number of benzene rings is 1. The number of rotatable bonds is 6. The van der Waals surface area contributed by atoms with E-state index in [1.807, 2.05) is 19.9 Å². The van der Waals surface area contributed by atoms with E-state index in [0.717, 1.165) is 17.0 Å². The number of carboxylic acid groups (broad SMARTS) is 1. The Balaban J connectivity index is 2.04. The molecule has 25 heavy (non-hydrogen) atoms. The summed E-state index contributed by atoms with van der Waals surface area (Å²) in [6, 6.07) is 6.79. The van der Waals surface area contributed by atoms with Gasteiger partial charge in [-0.05, 0) is 52.3 Å². The first kappa shape index (κ1) is 18.5. The summed E-state index contributed by atoms with van der Waals surface area (Å²) in [4.78, 5) is 27.2. The number of aliphatic carboxylic acids is 1. The van der Waals surface area contributed by atoms with E-state index in [0.29, 0.717) is 18.0 Å². The first-order valence-electron chi connectivity index (χ1n) is 8.02. The molecule has 0 fully saturated rings. The molecule has 0 aliphatic carbocycles. The van der Waals surface area contributed by atoms with Crippen molar-refractivity contribution in [2.24, 2.45) is 0 Å². The lowest BCUT2D eigenvalue weighted by atomic mass is 9.99. The Labute approximate surface area is 146 Å². The van der Waals surface area contributed by atoms with E-state index in [2.05, 4.69) is 15.6 Å². The Morgan fingerprint density at radius 1 is 1.28 bits per heavy atom. The van der Waals surface area contributed by atoms with Crippen molar-refractivity contribution in [3.63, 3.8) is 0 Å². The second-order valence-corrected chi connectivity index (χ2v) is 6.60. The molecular formula is C18H23N3O4. The van der Waals surface area contributed by atoms with Crippen LogP contribution in [-0.4, -0.2) is 27.6 Å². The zero-order valence-electron chi connectivity index (χ0n) is 14.8. The highest BCUT2D eigenvalue weighted by Crippen LogP contribution is 2.24. The second kappa shape index (κ2) is 7.38. The van der Waals surface area contributed by atoms with Gasteiger partial charge in [0.1, 0.15) is 5.76 Å². The number of hydrogen-bond acceptors (Lipinski definition) is 4. The lowest BCUT2D eigenvalue weighted by Gasteiger charge is -2.25. The molecule has 0 atom stereocenters. The van der Waals surface area contributed by atoms with Crippen molar-refractivity contribution >= 4 is 17.7 Å². The molecule has 0 radical (unpaired) electrons. The summed E-state index contributed by atoms with van der Waals surface area (Å²) in [6.45, 7) is 7.28. The minimum atomic E-state index is -0.889. The summed E-state index contributed by atoms with van der Waals surface area (Å²) in [6.07, 6.45) is 0.330. The van der Waals surface area contributed by atoms with Crippen LogP contribution in [0.15, 0.2) is 28.7 Å². The normalized spacial score (nSPS) is 11.2. The summed E-state index contributed by atoms with van der Waals surface area (Å²) in [5.41, 5.74) is 1.56. The summed E-state index contributed by atoms with van der Waals surface area (Å²) in [7, 11) is 0. The molecule has 7 nitrogen and oxygen atoms in total. The van der Waals surface area contributed by atoms with Crippen molar-refractivity contribution in [2.75, 3.05) is 5.32 Å². The number of aromatic nitrogens is 1. The molecule has 1 aromatic carbocycles. The number of carbonyl (C=O) groups is 2. The van der Waals surface area contributed by atoms with Gasteiger partial charge in [-0.25, -0.2) is 9.78 Å². The van der Waals surface area contributed by atoms with Gasteiger partial charge in [-0.15, -0.1) is 0 Å². The highest BCUT2D eigenvalue weighted by Gasteiger charge is 2.21. The maximum absolute atomic E-state index is 12.2. The van der Waals surface area contributed by atoms with Gasteiger partial charge >= 0.3 is 12.0 Å². The number of aryl methyl sites for hydroxylation is 2. The van der Waals surface area contributed by atoms with Crippen LogP contribution in [-0.2, 0) is 4.79 Å². The van der Waals surface area contributed by atoms with Gasteiger partial charge in [0.15, 0.2) is 0 Å². The average Bonchev–Trinajstić information content (AvgIpc) is 2.84. The number of nitrogens with one attached hydrogen (secondary N) is 2. The van der Waals surface area contributed by atoms with E-state index in [4.69, 9.17) is 9.52 Å². The standard InChI is InChI=1S/C18H23N3O4/c1-11-12(2)25-16(19-11)13-6-5-7-14(10-13)20-17(24)21-18(3,4)9-8-15(22)23/h5-7,10H,8-9H2,1-4H3,(H,22,23)(H2,20,21,24). The van der Waals surface area contributed by atoms with Gasteiger partial charge in [-0.3, -0.25) is 4.79 Å². The molecule has 134 valence electrons. The van der Waals surface area contributed by atoms with Crippen LogP contribution >= 0.6 is 0 Å². The molecule has 3 N–H and O–H groups in total. The van der Waals surface area contributed by atoms with Crippen LogP contribution in [0.5, 0.6) is 0 Å². The number of oxazole rings is 1. The van der Waals surface area contributed by atoms with E-state index in [9.17, 15) is 9.59 Å². The zero-order chi connectivity index (χ0) is 18.6. The third-order valence-electron chi connectivity index (χ3n) is 3.81. The molecule has 0 aliphatic rings. The quantitative estimate of drug-likeness (QED) is 0.740. The smallest absolute Gasteiger partial charge is 0.319 e. The zero-order valence-corrected chi connectivity index (χ0v) is 14.8. The van der Waals surface area contributed by atoms with Crippen molar-refractivity contribution in [3.05, 3.63) is 35.7 Å². The van der Waals surface area contributed by atoms with E-state index in [1.165, 1.54) is 0 Å². The number of urea groups is 1. The molecule has 0 spiro atoms. The fourth-order valence-electron chi connectivity index (χ4n) is 2.28. The lowest BCUT2D eigenvalue weighted by Crippen LogP contribution is -2.45. The number of carboxylic acids is 1. The van der Waals surface area contributed by atoms with Crippen molar-refractivity contribution in [1.82, 2.24) is 10.3 Å². The number of anilines is 1. The minimum Gasteiger partial charge on any atom is -0.481 e. The number of amides is 2. The Morgan fingerprint density at radius 3 is 2.60 bits per heavy atom. The molecule has 1 heterocycles. The van der Waals surface area contributed by atoms with Gasteiger partial charge in [-0.2, -0.15) is 0 Å². The third kappa shape index (κ3) is 5.34. The van der Waals surface area contributed by atoms with Crippen LogP contribution in [0.2, 0.25) is 0 Å². The van der Waals surface area contributed by atoms with Gasteiger partial charge in [0.25, 0.3) is 0 Å². The number of hydrogen-bond donors (Lipinski definition) is 3. The molecule has 0 aliphatic heterocycles. The second-order valence-electron chi connectivity index (χ2n) is 6.60. The SMILES string of the molecule is Cc1nc(-c2cccc(NC(=O)NC(C)(C)CCC(=O)O)c2)oc1C. The van der Waals surface area contributed by atoms with E-state index >= 15 is 0 Å². The molecule has 2 aromatic rings. The molecule has 2 rings (SSSR count). The molecule has 0 saturated carbocycles. The van der Waals surface area contributed by atoms with Gasteiger partial charge in [-0.1, -0.05) is 6.07 Å². The predicted molar refractivity (Wildman–Crippen MR) is 94.5 cm³/mol. The number of nitrogens with zero attached hydrogens (tertiary/aromatic N) is 1. The van der Waals surface area contributed by atoms with Crippen LogP contribution in [0.1, 0.15) is 38.1 Å². The maximum atomic E-state index is 12.2. The summed E-state index contributed by atoms with van der Waals surface area (Å²) in [5, 5.41) is 14.3. The van der Waals surface area contributed by atoms with E-state index in [-0.39, 0.29) is 6.42 Å². The monoisotopic (exact) mass is 345 g/mol. The molecule has 0 unspecified atom stereocenters. The number of carbonyl (C=O) groups excluding carboxylic acids is 1. The predicted octanol–water partition coefficient (Wildman–Crippen LogP) is 3.72. The highest BCUT2D eigenvalue weighted by molar-refractivity contribution is 5.90. The van der Waals surface area contributed by atoms with Crippen molar-refractivity contribution in [3.8, 4) is 11.5 Å². The topological polar surface area (TPSA) is 104 Å². The molecule has 7 heteroatoms. The van der Waals surface area contributed by atoms with E-state index < -0.39 is 17.5 Å². The fraction of sp³-hybridized carbons (Fsp3) is 0.389. The van der Waals surface area contributed by atoms with Gasteiger partial charge in [0.05, 0.1) is 5.69 Å². The van der Waals surface area contributed by atoms with Crippen LogP contribution < -0.4 is 10.6 Å². The largest absolute Gasteiger partial charge is 0.481 e. The fourth-order valence-corrected chi connectivity index (χ4v) is 2.28. The van der Waals surface area contributed by atoms with E-state index in [1.54, 1.807) is 32.0 Å². The first-order chi connectivity index (χ1) is 11.7. The Bertz CT molecular complexity index is 761. The maximum Gasteiger partial charge on any atom is 0.319 e. The van der Waals surface area contributed by atoms with Crippen molar-refractivity contribution in [1.29, 1.82) is 0 Å². The lowest BCUT2D eigenvalue weighted by molar-refractivity contribution is -0.137. The molecular weight excluding hydrogens is 322 g/mol. The first-order valence-corrected chi connectivity index (χ1v) is 8.02. The Hall–Kier alpha value is -2.83. The van der Waals surface area contributed by atoms with Crippen molar-refractivity contribution in [2.45, 2.75) is 46.1 Å². The van der Waals surface area contributed by atoms with Crippen LogP contribution in [0.25, 0.3) is 11.5 Å². The van der Waals surface area contributed by atoms with Crippen LogP contribution in [0, 0.1) is 13.8 Å².